The normalized spacial score (nSPS) is 10.9. The molecule has 0 aromatic heterocycles. The summed E-state index contributed by atoms with van der Waals surface area (Å²) < 4.78 is 39.2. The molecule has 0 spiro atoms. The number of carbonyl (C=O) groups excluding carboxylic acids is 1. The van der Waals surface area contributed by atoms with Crippen molar-refractivity contribution in [2.75, 3.05) is 17.1 Å². The van der Waals surface area contributed by atoms with Crippen LogP contribution in [0.2, 0.25) is 0 Å². The molecule has 0 fully saturated rings. The van der Waals surface area contributed by atoms with Crippen molar-refractivity contribution in [2.24, 2.45) is 0 Å². The molecule has 7 nitrogen and oxygen atoms in total. The third-order valence-corrected chi connectivity index (χ3v) is 5.93. The van der Waals surface area contributed by atoms with Crippen LogP contribution in [-0.2, 0) is 21.4 Å². The molecule has 0 unspecified atom stereocenters. The lowest BCUT2D eigenvalue weighted by molar-refractivity contribution is 0.155. The van der Waals surface area contributed by atoms with E-state index in [0.29, 0.717) is 11.4 Å². The van der Waals surface area contributed by atoms with Gasteiger partial charge in [-0.25, -0.2) is 13.2 Å². The number of nitrogens with one attached hydrogen (secondary N) is 2. The Bertz CT molecular complexity index is 1120. The van der Waals surface area contributed by atoms with E-state index in [1.807, 2.05) is 30.3 Å². The minimum atomic E-state index is -3.88. The lowest BCUT2D eigenvalue weighted by Gasteiger charge is -2.13. The zero-order chi connectivity index (χ0) is 21.6. The lowest BCUT2D eigenvalue weighted by atomic mass is 10.2. The van der Waals surface area contributed by atoms with E-state index in [4.69, 9.17) is 9.47 Å². The average molecular weight is 491 g/mol. The summed E-state index contributed by atoms with van der Waals surface area (Å²) in [5.74, 6) is 0.300. The third-order valence-electron chi connectivity index (χ3n) is 4.03. The number of sulfonamides is 1. The molecule has 1 amide bonds. The van der Waals surface area contributed by atoms with Crippen LogP contribution in [0.25, 0.3) is 0 Å². The fourth-order valence-electron chi connectivity index (χ4n) is 2.55. The van der Waals surface area contributed by atoms with Gasteiger partial charge in [0.25, 0.3) is 10.0 Å². The number of ether oxygens (including phenoxy) is 2. The van der Waals surface area contributed by atoms with Crippen LogP contribution in [0.1, 0.15) is 5.56 Å². The van der Waals surface area contributed by atoms with E-state index >= 15 is 0 Å². The summed E-state index contributed by atoms with van der Waals surface area (Å²) in [5, 5.41) is 2.53. The third kappa shape index (κ3) is 5.74. The summed E-state index contributed by atoms with van der Waals surface area (Å²) in [5.41, 5.74) is 1.41. The molecule has 3 aromatic carbocycles. The van der Waals surface area contributed by atoms with Crippen LogP contribution in [0.5, 0.6) is 5.75 Å². The maximum Gasteiger partial charge on any atom is 0.412 e. The number of benzene rings is 3. The summed E-state index contributed by atoms with van der Waals surface area (Å²) in [4.78, 5) is 12.1. The van der Waals surface area contributed by atoms with Crippen molar-refractivity contribution < 1.29 is 22.7 Å². The Hall–Kier alpha value is -3.04. The van der Waals surface area contributed by atoms with Gasteiger partial charge in [-0.1, -0.05) is 46.3 Å². The van der Waals surface area contributed by atoms with Crippen molar-refractivity contribution in [3.05, 3.63) is 82.8 Å². The van der Waals surface area contributed by atoms with Gasteiger partial charge in [-0.05, 0) is 48.0 Å². The van der Waals surface area contributed by atoms with Crippen LogP contribution >= 0.6 is 15.9 Å². The second-order valence-corrected chi connectivity index (χ2v) is 8.76. The number of rotatable bonds is 7. The summed E-state index contributed by atoms with van der Waals surface area (Å²) in [6, 6.07) is 20.1. The summed E-state index contributed by atoms with van der Waals surface area (Å²) in [7, 11) is -2.46. The van der Waals surface area contributed by atoms with Crippen molar-refractivity contribution in [1.29, 1.82) is 0 Å². The fourth-order valence-corrected chi connectivity index (χ4v) is 3.90. The predicted octanol–water partition coefficient (Wildman–Crippen LogP) is 5.01. The predicted molar refractivity (Wildman–Crippen MR) is 118 cm³/mol. The molecular formula is C21H19BrN2O5S. The van der Waals surface area contributed by atoms with E-state index in [0.717, 1.165) is 10.0 Å². The Balaban J connectivity index is 1.75. The first-order chi connectivity index (χ1) is 14.4. The van der Waals surface area contributed by atoms with Gasteiger partial charge in [-0.15, -0.1) is 0 Å². The van der Waals surface area contributed by atoms with Crippen LogP contribution in [0.15, 0.2) is 82.2 Å². The molecule has 0 aliphatic rings. The van der Waals surface area contributed by atoms with Gasteiger partial charge in [0.2, 0.25) is 0 Å². The quantitative estimate of drug-likeness (QED) is 0.485. The molecule has 0 saturated carbocycles. The molecule has 0 atom stereocenters. The smallest absolute Gasteiger partial charge is 0.412 e. The topological polar surface area (TPSA) is 93.7 Å². The maximum atomic E-state index is 12.7. The highest BCUT2D eigenvalue weighted by Gasteiger charge is 2.18. The second-order valence-electron chi connectivity index (χ2n) is 6.16. The monoisotopic (exact) mass is 490 g/mol. The number of methoxy groups -OCH3 is 1. The van der Waals surface area contributed by atoms with Crippen molar-refractivity contribution >= 4 is 43.4 Å². The number of carbonyl (C=O) groups is 1. The Morgan fingerprint density at radius 3 is 2.37 bits per heavy atom. The average Bonchev–Trinajstić information content (AvgIpc) is 2.74. The molecule has 0 saturated heterocycles. The first-order valence-corrected chi connectivity index (χ1v) is 11.1. The van der Waals surface area contributed by atoms with Crippen molar-refractivity contribution in [3.63, 3.8) is 0 Å². The van der Waals surface area contributed by atoms with Gasteiger partial charge in [-0.2, -0.15) is 0 Å². The minimum absolute atomic E-state index is 0.0374. The Labute approximate surface area is 183 Å². The van der Waals surface area contributed by atoms with Crippen LogP contribution in [-0.4, -0.2) is 21.6 Å². The number of anilines is 2. The molecule has 0 aliphatic heterocycles. The van der Waals surface area contributed by atoms with E-state index in [9.17, 15) is 13.2 Å². The zero-order valence-electron chi connectivity index (χ0n) is 16.0. The number of hydrogen-bond acceptors (Lipinski definition) is 5. The molecule has 0 bridgehead atoms. The maximum absolute atomic E-state index is 12.7. The molecule has 30 heavy (non-hydrogen) atoms. The lowest BCUT2D eigenvalue weighted by Crippen LogP contribution is -2.16. The van der Waals surface area contributed by atoms with E-state index in [-0.39, 0.29) is 17.2 Å². The highest BCUT2D eigenvalue weighted by molar-refractivity contribution is 9.10. The Morgan fingerprint density at radius 1 is 1.00 bits per heavy atom. The second kappa shape index (κ2) is 9.64. The summed E-state index contributed by atoms with van der Waals surface area (Å²) in [6.07, 6.45) is -0.729. The molecule has 0 radical (unpaired) electrons. The molecule has 9 heteroatoms. The standard InChI is InChI=1S/C21H19BrN2O5S/c1-28-20-12-11-18(30(26,27)24-17-9-7-16(22)8-10-17)13-19(20)23-21(25)29-14-15-5-3-2-4-6-15/h2-13,24H,14H2,1H3,(H,23,25). The highest BCUT2D eigenvalue weighted by Crippen LogP contribution is 2.29. The molecule has 3 aromatic rings. The van der Waals surface area contributed by atoms with Crippen LogP contribution in [0.3, 0.4) is 0 Å². The molecule has 156 valence electrons. The molecule has 0 heterocycles. The van der Waals surface area contributed by atoms with E-state index in [1.165, 1.54) is 25.3 Å². The van der Waals surface area contributed by atoms with E-state index in [1.54, 1.807) is 24.3 Å². The first-order valence-electron chi connectivity index (χ1n) is 8.81. The van der Waals surface area contributed by atoms with Gasteiger partial charge in [-0.3, -0.25) is 10.0 Å². The summed E-state index contributed by atoms with van der Waals surface area (Å²) >= 11 is 3.30. The first kappa shape index (κ1) is 21.7. The van der Waals surface area contributed by atoms with Gasteiger partial charge in [0, 0.05) is 10.2 Å². The fraction of sp³-hybridized carbons (Fsp3) is 0.0952. The van der Waals surface area contributed by atoms with Crippen molar-refractivity contribution in [1.82, 2.24) is 0 Å². The van der Waals surface area contributed by atoms with Gasteiger partial charge in [0.15, 0.2) is 0 Å². The zero-order valence-corrected chi connectivity index (χ0v) is 18.4. The highest BCUT2D eigenvalue weighted by atomic mass is 79.9. The van der Waals surface area contributed by atoms with Gasteiger partial charge >= 0.3 is 6.09 Å². The largest absolute Gasteiger partial charge is 0.495 e. The molecular weight excluding hydrogens is 472 g/mol. The molecule has 2 N–H and O–H groups in total. The van der Waals surface area contributed by atoms with Crippen LogP contribution < -0.4 is 14.8 Å². The van der Waals surface area contributed by atoms with Crippen molar-refractivity contribution in [2.45, 2.75) is 11.5 Å². The molecule has 0 aliphatic carbocycles. The summed E-state index contributed by atoms with van der Waals surface area (Å²) in [6.45, 7) is 0.0814. The van der Waals surface area contributed by atoms with E-state index in [2.05, 4.69) is 26.0 Å². The van der Waals surface area contributed by atoms with Crippen molar-refractivity contribution in [3.8, 4) is 5.75 Å². The van der Waals surface area contributed by atoms with Gasteiger partial charge in [0.05, 0.1) is 17.7 Å². The van der Waals surface area contributed by atoms with Crippen LogP contribution in [0, 0.1) is 0 Å². The molecule has 3 rings (SSSR count). The minimum Gasteiger partial charge on any atom is -0.495 e. The Morgan fingerprint density at radius 2 is 1.70 bits per heavy atom. The van der Waals surface area contributed by atoms with Crippen LogP contribution in [0.4, 0.5) is 16.2 Å². The SMILES string of the molecule is COc1ccc(S(=O)(=O)Nc2ccc(Br)cc2)cc1NC(=O)OCc1ccccc1. The van der Waals surface area contributed by atoms with Gasteiger partial charge < -0.3 is 9.47 Å². The number of amides is 1. The number of halogens is 1. The Kier molecular flexibility index (Phi) is 6.96. The van der Waals surface area contributed by atoms with E-state index < -0.39 is 16.1 Å². The number of hydrogen-bond donors (Lipinski definition) is 2. The van der Waals surface area contributed by atoms with Gasteiger partial charge in [0.1, 0.15) is 12.4 Å².